The van der Waals surface area contributed by atoms with Crippen LogP contribution in [0.3, 0.4) is 0 Å². The number of carbonyl (C=O) groups is 1. The molecule has 1 amide bonds. The molecule has 1 fully saturated rings. The van der Waals surface area contributed by atoms with Crippen molar-refractivity contribution in [2.75, 3.05) is 31.1 Å². The van der Waals surface area contributed by atoms with E-state index in [9.17, 15) is 14.9 Å². The second-order valence-electron chi connectivity index (χ2n) is 8.19. The van der Waals surface area contributed by atoms with Crippen molar-refractivity contribution in [1.82, 2.24) is 4.90 Å². The first-order valence-electron chi connectivity index (χ1n) is 11.0. The van der Waals surface area contributed by atoms with Crippen LogP contribution in [0, 0.1) is 17.0 Å². The first kappa shape index (κ1) is 23.2. The first-order chi connectivity index (χ1) is 16.9. The number of amides is 1. The van der Waals surface area contributed by atoms with Gasteiger partial charge in [-0.15, -0.1) is 0 Å². The predicted octanol–water partition coefficient (Wildman–Crippen LogP) is 5.61. The molecule has 0 radical (unpaired) electrons. The highest BCUT2D eigenvalue weighted by molar-refractivity contribution is 8.18. The molecule has 0 spiro atoms. The molecule has 5 rings (SSSR count). The van der Waals surface area contributed by atoms with E-state index in [4.69, 9.17) is 16.0 Å². The number of thioether (sulfide) groups is 1. The van der Waals surface area contributed by atoms with E-state index in [0.717, 1.165) is 42.5 Å². The molecular formula is C25H21ClN4O4S. The number of nitrogens with zero attached hydrogens (tertiary/aromatic N) is 4. The smallest absolute Gasteiger partial charge is 0.286 e. The number of nitro groups is 1. The van der Waals surface area contributed by atoms with Crippen molar-refractivity contribution < 1.29 is 14.1 Å². The molecule has 0 saturated carbocycles. The Labute approximate surface area is 211 Å². The fourth-order valence-electron chi connectivity index (χ4n) is 4.01. The Balaban J connectivity index is 1.25. The van der Waals surface area contributed by atoms with E-state index in [1.54, 1.807) is 36.4 Å². The largest absolute Gasteiger partial charge is 0.456 e. The molecule has 1 aromatic heterocycles. The molecule has 0 aliphatic carbocycles. The summed E-state index contributed by atoms with van der Waals surface area (Å²) in [6, 6.07) is 15.8. The average Bonchev–Trinajstić information content (AvgIpc) is 3.48. The van der Waals surface area contributed by atoms with Gasteiger partial charge in [0.15, 0.2) is 5.17 Å². The number of furan rings is 1. The second kappa shape index (κ2) is 9.59. The summed E-state index contributed by atoms with van der Waals surface area (Å²) in [6.07, 6.45) is 1.63. The molecule has 178 valence electrons. The minimum atomic E-state index is -0.445. The molecular weight excluding hydrogens is 488 g/mol. The molecule has 2 aromatic carbocycles. The van der Waals surface area contributed by atoms with E-state index in [1.165, 1.54) is 17.8 Å². The van der Waals surface area contributed by atoms with Gasteiger partial charge in [0.05, 0.1) is 15.4 Å². The number of nitro benzene ring substituents is 1. The summed E-state index contributed by atoms with van der Waals surface area (Å²) in [6.45, 7) is 5.05. The highest BCUT2D eigenvalue weighted by Gasteiger charge is 2.29. The molecule has 0 unspecified atom stereocenters. The fourth-order valence-corrected chi connectivity index (χ4v) is 5.13. The summed E-state index contributed by atoms with van der Waals surface area (Å²) in [4.78, 5) is 32.5. The Morgan fingerprint density at radius 1 is 1.09 bits per heavy atom. The zero-order valence-electron chi connectivity index (χ0n) is 18.8. The number of rotatable bonds is 4. The zero-order valence-corrected chi connectivity index (χ0v) is 20.4. The Hall–Kier alpha value is -3.56. The van der Waals surface area contributed by atoms with E-state index < -0.39 is 4.92 Å². The maximum absolute atomic E-state index is 12.5. The van der Waals surface area contributed by atoms with Gasteiger partial charge in [-0.3, -0.25) is 14.9 Å². The van der Waals surface area contributed by atoms with Gasteiger partial charge in [0.25, 0.3) is 11.6 Å². The van der Waals surface area contributed by atoms with E-state index in [1.807, 2.05) is 19.1 Å². The minimum Gasteiger partial charge on any atom is -0.456 e. The fraction of sp³-hybridized carbons (Fsp3) is 0.200. The standard InChI is InChI=1S/C25H21ClN4O4S/c1-16-6-7-17(14-20(16)26)28-10-12-29(13-11-28)25-27-24(31)23(35-25)15-18-8-9-22(34-18)19-4-2-3-5-21(19)30(32)33/h2-9,14-15H,10-13H2,1H3/b23-15-. The number of para-hydroxylation sites is 1. The van der Waals surface area contributed by atoms with E-state index >= 15 is 0 Å². The third-order valence-corrected chi connectivity index (χ3v) is 7.40. The van der Waals surface area contributed by atoms with Crippen LogP contribution in [0.1, 0.15) is 11.3 Å². The second-order valence-corrected chi connectivity index (χ2v) is 9.61. The number of anilines is 1. The maximum Gasteiger partial charge on any atom is 0.286 e. The number of piperazine rings is 1. The van der Waals surface area contributed by atoms with Crippen LogP contribution < -0.4 is 4.90 Å². The van der Waals surface area contributed by atoms with Crippen molar-refractivity contribution >= 4 is 51.9 Å². The van der Waals surface area contributed by atoms with Crippen LogP contribution in [0.2, 0.25) is 5.02 Å². The number of hydrogen-bond acceptors (Lipinski definition) is 7. The van der Waals surface area contributed by atoms with E-state index in [-0.39, 0.29) is 11.6 Å². The van der Waals surface area contributed by atoms with Crippen molar-refractivity contribution in [2.24, 2.45) is 4.99 Å². The monoisotopic (exact) mass is 508 g/mol. The van der Waals surface area contributed by atoms with Gasteiger partial charge in [0, 0.05) is 49.0 Å². The number of halogens is 1. The topological polar surface area (TPSA) is 92.2 Å². The molecule has 0 bridgehead atoms. The number of amidine groups is 1. The number of hydrogen-bond donors (Lipinski definition) is 0. The summed E-state index contributed by atoms with van der Waals surface area (Å²) >= 11 is 7.60. The van der Waals surface area contributed by atoms with Crippen molar-refractivity contribution in [3.63, 3.8) is 0 Å². The van der Waals surface area contributed by atoms with Crippen LogP contribution in [0.4, 0.5) is 11.4 Å². The average molecular weight is 509 g/mol. The lowest BCUT2D eigenvalue weighted by Gasteiger charge is -2.36. The normalized spacial score (nSPS) is 17.3. The van der Waals surface area contributed by atoms with Crippen molar-refractivity contribution in [3.05, 3.63) is 86.0 Å². The zero-order chi connectivity index (χ0) is 24.5. The minimum absolute atomic E-state index is 0.0370. The lowest BCUT2D eigenvalue weighted by molar-refractivity contribution is -0.384. The van der Waals surface area contributed by atoms with Gasteiger partial charge in [0.1, 0.15) is 11.5 Å². The third kappa shape index (κ3) is 4.82. The summed E-state index contributed by atoms with van der Waals surface area (Å²) < 4.78 is 5.80. The number of aliphatic imine (C=N–C) groups is 1. The van der Waals surface area contributed by atoms with E-state index in [2.05, 4.69) is 20.9 Å². The Morgan fingerprint density at radius 2 is 1.83 bits per heavy atom. The number of carbonyl (C=O) groups excluding carboxylic acids is 1. The van der Waals surface area contributed by atoms with Crippen LogP contribution in [0.15, 0.2) is 68.9 Å². The van der Waals surface area contributed by atoms with Gasteiger partial charge in [-0.1, -0.05) is 29.8 Å². The van der Waals surface area contributed by atoms with Crippen molar-refractivity contribution in [3.8, 4) is 11.3 Å². The molecule has 3 aromatic rings. The van der Waals surface area contributed by atoms with Gasteiger partial charge in [0.2, 0.25) is 0 Å². The molecule has 1 saturated heterocycles. The highest BCUT2D eigenvalue weighted by atomic mass is 35.5. The summed E-state index contributed by atoms with van der Waals surface area (Å²) in [5, 5.41) is 12.7. The van der Waals surface area contributed by atoms with Crippen LogP contribution >= 0.6 is 23.4 Å². The molecule has 3 heterocycles. The van der Waals surface area contributed by atoms with Gasteiger partial charge in [-0.25, -0.2) is 0 Å². The Morgan fingerprint density at radius 3 is 2.57 bits per heavy atom. The molecule has 35 heavy (non-hydrogen) atoms. The summed E-state index contributed by atoms with van der Waals surface area (Å²) in [5.41, 5.74) is 2.49. The Kier molecular flexibility index (Phi) is 6.36. The molecule has 0 atom stereocenters. The molecule has 10 heteroatoms. The van der Waals surface area contributed by atoms with Crippen molar-refractivity contribution in [2.45, 2.75) is 6.92 Å². The molecule has 8 nitrogen and oxygen atoms in total. The Bertz CT molecular complexity index is 1380. The molecule has 0 N–H and O–H groups in total. The maximum atomic E-state index is 12.5. The third-order valence-electron chi connectivity index (χ3n) is 5.95. The van der Waals surface area contributed by atoms with Crippen molar-refractivity contribution in [1.29, 1.82) is 0 Å². The summed E-state index contributed by atoms with van der Waals surface area (Å²) in [7, 11) is 0. The predicted molar refractivity (Wildman–Crippen MR) is 139 cm³/mol. The molecule has 2 aliphatic heterocycles. The lowest BCUT2D eigenvalue weighted by atomic mass is 10.1. The number of aryl methyl sites for hydroxylation is 1. The summed E-state index contributed by atoms with van der Waals surface area (Å²) in [5.74, 6) is 0.487. The quantitative estimate of drug-likeness (QED) is 0.257. The van der Waals surface area contributed by atoms with Crippen LogP contribution in [-0.2, 0) is 4.79 Å². The first-order valence-corrected chi connectivity index (χ1v) is 12.2. The van der Waals surface area contributed by atoms with Gasteiger partial charge >= 0.3 is 0 Å². The lowest BCUT2D eigenvalue weighted by Crippen LogP contribution is -2.47. The number of benzene rings is 2. The molecule has 2 aliphatic rings. The van der Waals surface area contributed by atoms with Crippen LogP contribution in [-0.4, -0.2) is 47.1 Å². The van der Waals surface area contributed by atoms with Gasteiger partial charge in [-0.05, 0) is 54.6 Å². The highest BCUT2D eigenvalue weighted by Crippen LogP contribution is 2.34. The van der Waals surface area contributed by atoms with Crippen LogP contribution in [0.5, 0.6) is 0 Å². The van der Waals surface area contributed by atoms with Gasteiger partial charge < -0.3 is 14.2 Å². The SMILES string of the molecule is Cc1ccc(N2CCN(C3=NC(=O)/C(=C/c4ccc(-c5ccccc5[N+](=O)[O-])o4)S3)CC2)cc1Cl. The van der Waals surface area contributed by atoms with Gasteiger partial charge in [-0.2, -0.15) is 4.99 Å². The van der Waals surface area contributed by atoms with Crippen LogP contribution in [0.25, 0.3) is 17.4 Å². The van der Waals surface area contributed by atoms with E-state index in [0.29, 0.717) is 27.2 Å².